The van der Waals surface area contributed by atoms with E-state index >= 15 is 0 Å². The highest BCUT2D eigenvalue weighted by Gasteiger charge is 2.40. The third-order valence-electron chi connectivity index (χ3n) is 7.22. The molecule has 3 aromatic carbocycles. The Morgan fingerprint density at radius 2 is 1.77 bits per heavy atom. The fourth-order valence-electron chi connectivity index (χ4n) is 5.43. The SMILES string of the molecule is CC1=CC2=Nc3c(c(C)nn3-c3ccc(Cl)c(Cl)c3)[C@@H](c3coc4ccc(Cl)cc4c3=O)N2c2ccccc21. The molecule has 2 aromatic heterocycles. The summed E-state index contributed by atoms with van der Waals surface area (Å²) in [6, 6.07) is 17.9. The number of para-hydroxylation sites is 1. The summed E-state index contributed by atoms with van der Waals surface area (Å²) in [5.74, 6) is 1.30. The number of nitrogens with zero attached hydrogens (tertiary/aromatic N) is 4. The fourth-order valence-corrected chi connectivity index (χ4v) is 5.89. The zero-order valence-electron chi connectivity index (χ0n) is 20.7. The largest absolute Gasteiger partial charge is 0.464 e. The van der Waals surface area contributed by atoms with Crippen LogP contribution in [0.2, 0.25) is 15.1 Å². The predicted octanol–water partition coefficient (Wildman–Crippen LogP) is 8.30. The number of allylic oxidation sites excluding steroid dienone is 1. The molecule has 0 bridgehead atoms. The maximum Gasteiger partial charge on any atom is 0.198 e. The summed E-state index contributed by atoms with van der Waals surface area (Å²) >= 11 is 18.8. The normalized spacial score (nSPS) is 15.9. The molecule has 39 heavy (non-hydrogen) atoms. The van der Waals surface area contributed by atoms with Crippen LogP contribution in [0.4, 0.5) is 11.5 Å². The lowest BCUT2D eigenvalue weighted by molar-refractivity contribution is 0.585. The summed E-state index contributed by atoms with van der Waals surface area (Å²) in [7, 11) is 0. The van der Waals surface area contributed by atoms with Gasteiger partial charge in [-0.25, -0.2) is 9.67 Å². The summed E-state index contributed by atoms with van der Waals surface area (Å²) in [5.41, 5.74) is 6.05. The van der Waals surface area contributed by atoms with E-state index in [4.69, 9.17) is 49.3 Å². The van der Waals surface area contributed by atoms with Crippen LogP contribution in [0.5, 0.6) is 0 Å². The van der Waals surface area contributed by atoms with E-state index < -0.39 is 6.04 Å². The average Bonchev–Trinajstić information content (AvgIpc) is 3.26. The van der Waals surface area contributed by atoms with E-state index in [-0.39, 0.29) is 5.43 Å². The molecule has 0 aliphatic carbocycles. The second-order valence-electron chi connectivity index (χ2n) is 9.58. The van der Waals surface area contributed by atoms with Crippen LogP contribution in [-0.4, -0.2) is 15.6 Å². The number of hydrogen-bond acceptors (Lipinski definition) is 5. The summed E-state index contributed by atoms with van der Waals surface area (Å²) in [6.07, 6.45) is 3.57. The third kappa shape index (κ3) is 3.67. The number of anilines is 1. The minimum absolute atomic E-state index is 0.165. The van der Waals surface area contributed by atoms with Gasteiger partial charge in [0, 0.05) is 16.1 Å². The fraction of sp³-hybridized carbons (Fsp3) is 0.100. The van der Waals surface area contributed by atoms with Crippen molar-refractivity contribution in [2.24, 2.45) is 4.99 Å². The van der Waals surface area contributed by atoms with Gasteiger partial charge in [0.05, 0.1) is 44.1 Å². The molecule has 1 atom stereocenters. The molecule has 5 aromatic rings. The Morgan fingerprint density at radius 1 is 0.949 bits per heavy atom. The van der Waals surface area contributed by atoms with Crippen molar-refractivity contribution in [3.63, 3.8) is 0 Å². The van der Waals surface area contributed by atoms with E-state index in [1.807, 2.05) is 37.3 Å². The molecule has 4 heterocycles. The number of halogens is 3. The molecular weight excluding hydrogens is 555 g/mol. The standard InChI is InChI=1S/C30H19Cl3N4O2/c1-15-11-26-34-30-27(16(2)35-37(30)18-8-9-22(32)23(33)13-18)28(36(26)24-6-4-3-5-19(15)24)21-14-39-25-10-7-17(31)12-20(25)29(21)38/h3-14,28H,1-2H3/t28-/m1/s1. The number of hydrogen-bond donors (Lipinski definition) is 0. The first-order chi connectivity index (χ1) is 18.8. The van der Waals surface area contributed by atoms with E-state index in [0.29, 0.717) is 48.9 Å². The van der Waals surface area contributed by atoms with Gasteiger partial charge in [0.15, 0.2) is 11.2 Å². The molecule has 0 unspecified atom stereocenters. The van der Waals surface area contributed by atoms with Crippen LogP contribution >= 0.6 is 34.8 Å². The Bertz CT molecular complexity index is 1970. The first kappa shape index (κ1) is 24.2. The molecule has 0 radical (unpaired) electrons. The van der Waals surface area contributed by atoms with Crippen LogP contribution < -0.4 is 10.3 Å². The molecule has 192 valence electrons. The van der Waals surface area contributed by atoms with Crippen LogP contribution in [0, 0.1) is 6.92 Å². The average molecular weight is 574 g/mol. The Kier molecular flexibility index (Phi) is 5.49. The highest BCUT2D eigenvalue weighted by molar-refractivity contribution is 6.42. The molecular formula is C30H19Cl3N4O2. The number of rotatable bonds is 2. The van der Waals surface area contributed by atoms with Crippen molar-refractivity contribution < 1.29 is 4.42 Å². The number of aromatic nitrogens is 2. The summed E-state index contributed by atoms with van der Waals surface area (Å²) < 4.78 is 7.74. The van der Waals surface area contributed by atoms with Gasteiger partial charge in [-0.05, 0) is 68.0 Å². The first-order valence-electron chi connectivity index (χ1n) is 12.2. The van der Waals surface area contributed by atoms with Crippen LogP contribution in [0.3, 0.4) is 0 Å². The van der Waals surface area contributed by atoms with Crippen LogP contribution in [0.25, 0.3) is 22.2 Å². The zero-order chi connectivity index (χ0) is 27.0. The minimum Gasteiger partial charge on any atom is -0.464 e. The van der Waals surface area contributed by atoms with Crippen LogP contribution in [0.15, 0.2) is 87.2 Å². The molecule has 0 saturated heterocycles. The number of aliphatic imine (C=N–C) groups is 1. The maximum absolute atomic E-state index is 14.1. The van der Waals surface area contributed by atoms with E-state index in [2.05, 4.69) is 17.9 Å². The van der Waals surface area contributed by atoms with Crippen molar-refractivity contribution in [3.05, 3.63) is 121 Å². The van der Waals surface area contributed by atoms with Gasteiger partial charge in [-0.2, -0.15) is 5.10 Å². The second kappa shape index (κ2) is 8.85. The first-order valence-corrected chi connectivity index (χ1v) is 13.4. The summed E-state index contributed by atoms with van der Waals surface area (Å²) in [5, 5.41) is 6.59. The van der Waals surface area contributed by atoms with Crippen molar-refractivity contribution in [1.29, 1.82) is 0 Å². The second-order valence-corrected chi connectivity index (χ2v) is 10.8. The summed E-state index contributed by atoms with van der Waals surface area (Å²) in [6.45, 7) is 3.97. The van der Waals surface area contributed by atoms with Gasteiger partial charge in [-0.15, -0.1) is 0 Å². The molecule has 2 aliphatic rings. The lowest BCUT2D eigenvalue weighted by Gasteiger charge is -2.39. The predicted molar refractivity (Wildman–Crippen MR) is 157 cm³/mol. The molecule has 9 heteroatoms. The van der Waals surface area contributed by atoms with E-state index in [1.165, 1.54) is 0 Å². The number of aryl methyl sites for hydroxylation is 1. The highest BCUT2D eigenvalue weighted by Crippen LogP contribution is 2.47. The molecule has 0 saturated carbocycles. The molecule has 2 aliphatic heterocycles. The Labute approximate surface area is 238 Å². The molecule has 0 amide bonds. The maximum atomic E-state index is 14.1. The summed E-state index contributed by atoms with van der Waals surface area (Å²) in [4.78, 5) is 21.2. The minimum atomic E-state index is -0.561. The van der Waals surface area contributed by atoms with Gasteiger partial charge in [-0.3, -0.25) is 4.79 Å². The molecule has 0 fully saturated rings. The van der Waals surface area contributed by atoms with E-state index in [0.717, 1.165) is 28.1 Å². The number of benzene rings is 3. The Hall–Kier alpha value is -3.84. The number of amidine groups is 1. The lowest BCUT2D eigenvalue weighted by atomic mass is 9.90. The molecule has 6 nitrogen and oxygen atoms in total. The van der Waals surface area contributed by atoms with E-state index in [9.17, 15) is 4.79 Å². The van der Waals surface area contributed by atoms with Gasteiger partial charge < -0.3 is 9.32 Å². The smallest absolute Gasteiger partial charge is 0.198 e. The van der Waals surface area contributed by atoms with Gasteiger partial charge in [0.2, 0.25) is 0 Å². The Balaban J connectivity index is 1.55. The molecule has 0 N–H and O–H groups in total. The van der Waals surface area contributed by atoms with Crippen LogP contribution in [-0.2, 0) is 0 Å². The topological polar surface area (TPSA) is 63.6 Å². The van der Waals surface area contributed by atoms with Gasteiger partial charge >= 0.3 is 0 Å². The third-order valence-corrected chi connectivity index (χ3v) is 8.19. The van der Waals surface area contributed by atoms with Crippen molar-refractivity contribution in [2.45, 2.75) is 19.9 Å². The van der Waals surface area contributed by atoms with Crippen molar-refractivity contribution in [2.75, 3.05) is 4.90 Å². The van der Waals surface area contributed by atoms with Gasteiger partial charge in [-0.1, -0.05) is 53.0 Å². The lowest BCUT2D eigenvalue weighted by Crippen LogP contribution is -2.41. The Morgan fingerprint density at radius 3 is 2.59 bits per heavy atom. The van der Waals surface area contributed by atoms with Gasteiger partial charge in [0.1, 0.15) is 17.7 Å². The van der Waals surface area contributed by atoms with Crippen molar-refractivity contribution >= 4 is 68.7 Å². The highest BCUT2D eigenvalue weighted by atomic mass is 35.5. The zero-order valence-corrected chi connectivity index (χ0v) is 23.0. The number of fused-ring (bicyclic) bond motifs is 5. The van der Waals surface area contributed by atoms with E-state index in [1.54, 1.807) is 41.3 Å². The van der Waals surface area contributed by atoms with Crippen molar-refractivity contribution in [3.8, 4) is 5.69 Å². The van der Waals surface area contributed by atoms with Crippen LogP contribution in [0.1, 0.15) is 35.3 Å². The van der Waals surface area contributed by atoms with Crippen molar-refractivity contribution in [1.82, 2.24) is 9.78 Å². The molecule has 0 spiro atoms. The molecule has 7 rings (SSSR count). The monoisotopic (exact) mass is 572 g/mol. The quantitative estimate of drug-likeness (QED) is 0.213. The van der Waals surface area contributed by atoms with Gasteiger partial charge in [0.25, 0.3) is 0 Å².